The van der Waals surface area contributed by atoms with Crippen molar-refractivity contribution in [2.24, 2.45) is 0 Å². The van der Waals surface area contributed by atoms with Crippen LogP contribution in [-0.2, 0) is 9.53 Å². The van der Waals surface area contributed by atoms with Crippen molar-refractivity contribution in [2.75, 3.05) is 12.4 Å². The van der Waals surface area contributed by atoms with Crippen molar-refractivity contribution in [3.63, 3.8) is 0 Å². The van der Waals surface area contributed by atoms with Gasteiger partial charge >= 0.3 is 5.97 Å². The predicted molar refractivity (Wildman–Crippen MR) is 72.0 cm³/mol. The van der Waals surface area contributed by atoms with E-state index in [2.05, 4.69) is 5.32 Å². The fourth-order valence-corrected chi connectivity index (χ4v) is 1.98. The zero-order valence-corrected chi connectivity index (χ0v) is 11.3. The van der Waals surface area contributed by atoms with Gasteiger partial charge in [0.15, 0.2) is 0 Å². The van der Waals surface area contributed by atoms with Gasteiger partial charge in [0.1, 0.15) is 11.2 Å². The first kappa shape index (κ1) is 14.9. The Labute approximate surface area is 111 Å². The van der Waals surface area contributed by atoms with Crippen molar-refractivity contribution in [3.8, 4) is 0 Å². The maximum atomic E-state index is 11.9. The lowest BCUT2D eigenvalue weighted by Gasteiger charge is -2.28. The first-order valence-corrected chi connectivity index (χ1v) is 6.04. The summed E-state index contributed by atoms with van der Waals surface area (Å²) in [7, 11) is 1.30. The second-order valence-electron chi connectivity index (χ2n) is 4.47. The summed E-state index contributed by atoms with van der Waals surface area (Å²) in [5, 5.41) is 13.9. The second-order valence-corrected chi connectivity index (χ2v) is 4.47. The highest BCUT2D eigenvalue weighted by atomic mass is 16.6. The number of carbonyl (C=O) groups is 1. The maximum absolute atomic E-state index is 11.9. The van der Waals surface area contributed by atoms with Gasteiger partial charge in [-0.1, -0.05) is 25.5 Å². The van der Waals surface area contributed by atoms with E-state index in [-0.39, 0.29) is 5.69 Å². The average molecular weight is 266 g/mol. The van der Waals surface area contributed by atoms with E-state index in [1.54, 1.807) is 25.1 Å². The first-order chi connectivity index (χ1) is 8.94. The van der Waals surface area contributed by atoms with E-state index in [1.165, 1.54) is 13.2 Å². The SMILES string of the molecule is CCCC(C)(Nc1ccccc1[N+](=O)[O-])C(=O)OC. The zero-order valence-electron chi connectivity index (χ0n) is 11.3. The Balaban J connectivity index is 3.10. The number of nitro benzene ring substituents is 1. The highest BCUT2D eigenvalue weighted by Crippen LogP contribution is 2.29. The maximum Gasteiger partial charge on any atom is 0.331 e. The van der Waals surface area contributed by atoms with Gasteiger partial charge in [0.05, 0.1) is 12.0 Å². The summed E-state index contributed by atoms with van der Waals surface area (Å²) in [6.07, 6.45) is 1.27. The van der Waals surface area contributed by atoms with E-state index in [0.29, 0.717) is 12.1 Å². The van der Waals surface area contributed by atoms with Crippen LogP contribution in [0.5, 0.6) is 0 Å². The summed E-state index contributed by atoms with van der Waals surface area (Å²) >= 11 is 0. The summed E-state index contributed by atoms with van der Waals surface area (Å²) in [6.45, 7) is 3.61. The lowest BCUT2D eigenvalue weighted by atomic mass is 9.95. The van der Waals surface area contributed by atoms with E-state index in [9.17, 15) is 14.9 Å². The summed E-state index contributed by atoms with van der Waals surface area (Å²) in [6, 6.07) is 6.23. The molecular formula is C13H18N2O4. The quantitative estimate of drug-likeness (QED) is 0.486. The number of rotatable bonds is 6. The molecule has 1 aromatic carbocycles. The zero-order chi connectivity index (χ0) is 14.5. The van der Waals surface area contributed by atoms with Crippen LogP contribution in [-0.4, -0.2) is 23.5 Å². The molecule has 0 aromatic heterocycles. The van der Waals surface area contributed by atoms with Crippen molar-refractivity contribution in [3.05, 3.63) is 34.4 Å². The molecule has 0 spiro atoms. The van der Waals surface area contributed by atoms with Gasteiger partial charge in [-0.05, 0) is 19.4 Å². The number of nitrogens with zero attached hydrogens (tertiary/aromatic N) is 1. The van der Waals surface area contributed by atoms with Crippen LogP contribution in [0, 0.1) is 10.1 Å². The number of benzene rings is 1. The third kappa shape index (κ3) is 3.43. The number of hydrogen-bond acceptors (Lipinski definition) is 5. The van der Waals surface area contributed by atoms with Crippen molar-refractivity contribution >= 4 is 17.3 Å². The molecule has 1 aromatic rings. The van der Waals surface area contributed by atoms with Crippen LogP contribution in [0.2, 0.25) is 0 Å². The number of anilines is 1. The van der Waals surface area contributed by atoms with Crippen molar-refractivity contribution in [1.82, 2.24) is 0 Å². The predicted octanol–water partition coefficient (Wildman–Crippen LogP) is 2.74. The minimum absolute atomic E-state index is 0.0614. The van der Waals surface area contributed by atoms with Gasteiger partial charge in [-0.25, -0.2) is 4.79 Å². The second kappa shape index (κ2) is 6.17. The molecular weight excluding hydrogens is 248 g/mol. The fourth-order valence-electron chi connectivity index (χ4n) is 1.98. The van der Waals surface area contributed by atoms with Crippen molar-refractivity contribution in [1.29, 1.82) is 0 Å². The Hall–Kier alpha value is -2.11. The number of ether oxygens (including phenoxy) is 1. The molecule has 1 unspecified atom stereocenters. The molecule has 19 heavy (non-hydrogen) atoms. The van der Waals surface area contributed by atoms with E-state index in [0.717, 1.165) is 6.42 Å². The molecule has 0 saturated heterocycles. The van der Waals surface area contributed by atoms with Crippen LogP contribution in [0.1, 0.15) is 26.7 Å². The smallest absolute Gasteiger partial charge is 0.331 e. The van der Waals surface area contributed by atoms with Gasteiger partial charge in [-0.15, -0.1) is 0 Å². The third-order valence-electron chi connectivity index (χ3n) is 2.90. The molecule has 0 heterocycles. The highest BCUT2D eigenvalue weighted by molar-refractivity contribution is 5.85. The van der Waals surface area contributed by atoms with Gasteiger partial charge in [0.25, 0.3) is 5.69 Å². The normalized spacial score (nSPS) is 13.4. The van der Waals surface area contributed by atoms with E-state index >= 15 is 0 Å². The fraction of sp³-hybridized carbons (Fsp3) is 0.462. The van der Waals surface area contributed by atoms with Crippen LogP contribution in [0.15, 0.2) is 24.3 Å². The summed E-state index contributed by atoms with van der Waals surface area (Å²) < 4.78 is 4.77. The average Bonchev–Trinajstić information content (AvgIpc) is 2.38. The third-order valence-corrected chi connectivity index (χ3v) is 2.90. The van der Waals surface area contributed by atoms with Crippen molar-refractivity contribution < 1.29 is 14.5 Å². The first-order valence-electron chi connectivity index (χ1n) is 6.04. The van der Waals surface area contributed by atoms with E-state index < -0.39 is 16.4 Å². The summed E-state index contributed by atoms with van der Waals surface area (Å²) in [5.74, 6) is -0.437. The summed E-state index contributed by atoms with van der Waals surface area (Å²) in [4.78, 5) is 22.3. The van der Waals surface area contributed by atoms with Gasteiger partial charge in [-0.2, -0.15) is 0 Å². The standard InChI is InChI=1S/C13H18N2O4/c1-4-9-13(2,12(16)19-3)14-10-7-5-6-8-11(10)15(17)18/h5-8,14H,4,9H2,1-3H3. The van der Waals surface area contributed by atoms with Crippen LogP contribution in [0.3, 0.4) is 0 Å². The van der Waals surface area contributed by atoms with Crippen LogP contribution < -0.4 is 5.32 Å². The molecule has 0 radical (unpaired) electrons. The molecule has 1 rings (SSSR count). The molecule has 0 amide bonds. The number of hydrogen-bond donors (Lipinski definition) is 1. The number of para-hydroxylation sites is 2. The van der Waals surface area contributed by atoms with Gasteiger partial charge in [-0.3, -0.25) is 10.1 Å². The molecule has 0 fully saturated rings. The van der Waals surface area contributed by atoms with Crippen LogP contribution >= 0.6 is 0 Å². The molecule has 0 aliphatic carbocycles. The van der Waals surface area contributed by atoms with Gasteiger partial charge in [0, 0.05) is 6.07 Å². The Bertz CT molecular complexity index is 475. The lowest BCUT2D eigenvalue weighted by molar-refractivity contribution is -0.384. The van der Waals surface area contributed by atoms with Crippen molar-refractivity contribution in [2.45, 2.75) is 32.2 Å². The van der Waals surface area contributed by atoms with Crippen LogP contribution in [0.25, 0.3) is 0 Å². The van der Waals surface area contributed by atoms with E-state index in [4.69, 9.17) is 4.74 Å². The Morgan fingerprint density at radius 3 is 2.63 bits per heavy atom. The number of nitrogens with one attached hydrogen (secondary N) is 1. The Morgan fingerprint density at radius 2 is 2.11 bits per heavy atom. The Kier molecular flexibility index (Phi) is 4.86. The van der Waals surface area contributed by atoms with Crippen LogP contribution in [0.4, 0.5) is 11.4 Å². The molecule has 0 saturated carbocycles. The molecule has 0 bridgehead atoms. The molecule has 6 heteroatoms. The minimum atomic E-state index is -0.977. The molecule has 6 nitrogen and oxygen atoms in total. The molecule has 104 valence electrons. The van der Waals surface area contributed by atoms with Gasteiger partial charge < -0.3 is 10.1 Å². The monoisotopic (exact) mass is 266 g/mol. The minimum Gasteiger partial charge on any atom is -0.467 e. The van der Waals surface area contributed by atoms with E-state index in [1.807, 2.05) is 6.92 Å². The number of carbonyl (C=O) groups excluding carboxylic acids is 1. The summed E-state index contributed by atoms with van der Waals surface area (Å²) in [5.41, 5.74) is -0.724. The number of methoxy groups -OCH3 is 1. The largest absolute Gasteiger partial charge is 0.467 e. The molecule has 0 aliphatic heterocycles. The Morgan fingerprint density at radius 1 is 1.47 bits per heavy atom. The molecule has 0 aliphatic rings. The lowest BCUT2D eigenvalue weighted by Crippen LogP contribution is -2.44. The number of esters is 1. The number of nitro groups is 1. The highest BCUT2D eigenvalue weighted by Gasteiger charge is 2.35. The van der Waals surface area contributed by atoms with Gasteiger partial charge in [0.2, 0.25) is 0 Å². The molecule has 1 N–H and O–H groups in total. The topological polar surface area (TPSA) is 81.5 Å². The molecule has 1 atom stereocenters.